The standard InChI is InChI=1S/C21H17NS/c1-2-6-14(7-3-1)20-21-17(10-11-22-20)18-12-15-8-4-5-9-16(15)13-19(18)23-21/h1-3,6-7,10-13H,4-5,8-9H2. The Hall–Kier alpha value is -2.19. The summed E-state index contributed by atoms with van der Waals surface area (Å²) in [6.07, 6.45) is 7.09. The van der Waals surface area contributed by atoms with E-state index in [0.29, 0.717) is 0 Å². The summed E-state index contributed by atoms with van der Waals surface area (Å²) in [4.78, 5) is 4.68. The van der Waals surface area contributed by atoms with E-state index in [1.807, 2.05) is 17.5 Å². The average Bonchev–Trinajstić information content (AvgIpc) is 2.98. The Morgan fingerprint density at radius 1 is 0.826 bits per heavy atom. The zero-order chi connectivity index (χ0) is 15.2. The number of aromatic nitrogens is 1. The Bertz CT molecular complexity index is 1010. The third-order valence-electron chi connectivity index (χ3n) is 4.90. The van der Waals surface area contributed by atoms with Crippen LogP contribution in [0, 0.1) is 0 Å². The van der Waals surface area contributed by atoms with E-state index < -0.39 is 0 Å². The first kappa shape index (κ1) is 13.3. The van der Waals surface area contributed by atoms with Gasteiger partial charge in [0, 0.05) is 27.2 Å². The number of rotatable bonds is 1. The molecule has 0 N–H and O–H groups in total. The molecule has 2 heterocycles. The number of thiophene rings is 1. The number of pyridine rings is 1. The van der Waals surface area contributed by atoms with Gasteiger partial charge in [-0.1, -0.05) is 30.3 Å². The summed E-state index contributed by atoms with van der Waals surface area (Å²) in [5.74, 6) is 0. The lowest BCUT2D eigenvalue weighted by atomic mass is 9.90. The van der Waals surface area contributed by atoms with Crippen LogP contribution in [0.4, 0.5) is 0 Å². The summed E-state index contributed by atoms with van der Waals surface area (Å²) in [5, 5.41) is 2.76. The minimum Gasteiger partial charge on any atom is -0.255 e. The van der Waals surface area contributed by atoms with E-state index in [0.717, 1.165) is 5.69 Å². The first-order valence-corrected chi connectivity index (χ1v) is 9.10. The van der Waals surface area contributed by atoms with Gasteiger partial charge in [-0.25, -0.2) is 0 Å². The van der Waals surface area contributed by atoms with Gasteiger partial charge in [-0.05, 0) is 55.0 Å². The summed E-state index contributed by atoms with van der Waals surface area (Å²) in [6, 6.07) is 17.6. The van der Waals surface area contributed by atoms with Gasteiger partial charge >= 0.3 is 0 Å². The average molecular weight is 315 g/mol. The van der Waals surface area contributed by atoms with Crippen LogP contribution in [-0.2, 0) is 12.8 Å². The molecule has 0 spiro atoms. The maximum Gasteiger partial charge on any atom is 0.0880 e. The first-order chi connectivity index (χ1) is 11.4. The molecule has 23 heavy (non-hydrogen) atoms. The molecule has 4 aromatic rings. The largest absolute Gasteiger partial charge is 0.255 e. The molecule has 1 aliphatic rings. The molecular formula is C21H17NS. The molecular weight excluding hydrogens is 298 g/mol. The number of fused-ring (bicyclic) bond motifs is 4. The molecule has 0 radical (unpaired) electrons. The van der Waals surface area contributed by atoms with Crippen LogP contribution < -0.4 is 0 Å². The quantitative estimate of drug-likeness (QED) is 0.420. The molecule has 5 rings (SSSR count). The van der Waals surface area contributed by atoms with Crippen LogP contribution in [-0.4, -0.2) is 4.98 Å². The molecule has 0 saturated carbocycles. The van der Waals surface area contributed by atoms with Crippen molar-refractivity contribution in [1.82, 2.24) is 4.98 Å². The molecule has 0 unspecified atom stereocenters. The zero-order valence-electron chi connectivity index (χ0n) is 12.9. The van der Waals surface area contributed by atoms with Crippen molar-refractivity contribution in [3.8, 4) is 11.3 Å². The summed E-state index contributed by atoms with van der Waals surface area (Å²) in [6.45, 7) is 0. The van der Waals surface area contributed by atoms with Crippen molar-refractivity contribution in [3.63, 3.8) is 0 Å². The SMILES string of the molecule is c1ccc(-c2nccc3c2sc2cc4c(cc23)CCCC4)cc1. The Morgan fingerprint density at radius 2 is 1.61 bits per heavy atom. The van der Waals surface area contributed by atoms with Crippen molar-refractivity contribution in [2.45, 2.75) is 25.7 Å². The fourth-order valence-electron chi connectivity index (χ4n) is 3.73. The Kier molecular flexibility index (Phi) is 2.98. The highest BCUT2D eigenvalue weighted by Gasteiger charge is 2.15. The van der Waals surface area contributed by atoms with Crippen LogP contribution in [0.2, 0.25) is 0 Å². The molecule has 0 fully saturated rings. The summed E-state index contributed by atoms with van der Waals surface area (Å²) < 4.78 is 2.72. The fraction of sp³-hybridized carbons (Fsp3) is 0.190. The van der Waals surface area contributed by atoms with E-state index in [9.17, 15) is 0 Å². The van der Waals surface area contributed by atoms with Gasteiger partial charge in [0.1, 0.15) is 0 Å². The predicted molar refractivity (Wildman–Crippen MR) is 99.2 cm³/mol. The predicted octanol–water partition coefficient (Wildman–Crippen LogP) is 6.00. The molecule has 0 aliphatic heterocycles. The zero-order valence-corrected chi connectivity index (χ0v) is 13.7. The lowest BCUT2D eigenvalue weighted by Gasteiger charge is -2.15. The highest BCUT2D eigenvalue weighted by molar-refractivity contribution is 7.26. The number of aryl methyl sites for hydroxylation is 2. The molecule has 0 atom stereocenters. The monoisotopic (exact) mass is 315 g/mol. The van der Waals surface area contributed by atoms with Crippen LogP contribution in [0.3, 0.4) is 0 Å². The maximum atomic E-state index is 4.68. The van der Waals surface area contributed by atoms with Crippen molar-refractivity contribution in [3.05, 3.63) is 65.9 Å². The first-order valence-electron chi connectivity index (χ1n) is 8.28. The van der Waals surface area contributed by atoms with Gasteiger partial charge in [-0.2, -0.15) is 0 Å². The number of hydrogen-bond acceptors (Lipinski definition) is 2. The van der Waals surface area contributed by atoms with E-state index in [1.165, 1.54) is 51.4 Å². The Labute approximate surface area is 139 Å². The number of benzene rings is 2. The van der Waals surface area contributed by atoms with Crippen molar-refractivity contribution in [2.75, 3.05) is 0 Å². The fourth-order valence-corrected chi connectivity index (χ4v) is 4.99. The van der Waals surface area contributed by atoms with E-state index in [4.69, 9.17) is 0 Å². The van der Waals surface area contributed by atoms with E-state index in [-0.39, 0.29) is 0 Å². The van der Waals surface area contributed by atoms with Crippen molar-refractivity contribution < 1.29 is 0 Å². The van der Waals surface area contributed by atoms with E-state index in [2.05, 4.69) is 53.5 Å². The molecule has 1 nitrogen and oxygen atoms in total. The smallest absolute Gasteiger partial charge is 0.0880 e. The van der Waals surface area contributed by atoms with Gasteiger partial charge in [0.25, 0.3) is 0 Å². The summed E-state index contributed by atoms with van der Waals surface area (Å²) >= 11 is 1.89. The van der Waals surface area contributed by atoms with Gasteiger partial charge in [-0.15, -0.1) is 11.3 Å². The van der Waals surface area contributed by atoms with Gasteiger partial charge < -0.3 is 0 Å². The van der Waals surface area contributed by atoms with Crippen LogP contribution in [0.15, 0.2) is 54.7 Å². The van der Waals surface area contributed by atoms with E-state index in [1.54, 1.807) is 11.1 Å². The van der Waals surface area contributed by atoms with Gasteiger partial charge in [0.05, 0.1) is 10.4 Å². The minimum atomic E-state index is 1.11. The Balaban J connectivity index is 1.83. The van der Waals surface area contributed by atoms with E-state index >= 15 is 0 Å². The van der Waals surface area contributed by atoms with Crippen LogP contribution in [0.1, 0.15) is 24.0 Å². The third kappa shape index (κ3) is 2.09. The highest BCUT2D eigenvalue weighted by Crippen LogP contribution is 2.40. The normalized spacial score (nSPS) is 14.3. The molecule has 2 heteroatoms. The topological polar surface area (TPSA) is 12.9 Å². The second-order valence-corrected chi connectivity index (χ2v) is 7.38. The molecule has 2 aromatic heterocycles. The summed E-state index contributed by atoms with van der Waals surface area (Å²) in [5.41, 5.74) is 5.43. The lowest BCUT2D eigenvalue weighted by molar-refractivity contribution is 0.687. The highest BCUT2D eigenvalue weighted by atomic mass is 32.1. The van der Waals surface area contributed by atoms with Gasteiger partial charge in [0.2, 0.25) is 0 Å². The molecule has 112 valence electrons. The minimum absolute atomic E-state index is 1.11. The molecule has 0 bridgehead atoms. The summed E-state index contributed by atoms with van der Waals surface area (Å²) in [7, 11) is 0. The van der Waals surface area contributed by atoms with Crippen molar-refractivity contribution >= 4 is 31.5 Å². The third-order valence-corrected chi connectivity index (χ3v) is 6.07. The Morgan fingerprint density at radius 3 is 2.43 bits per heavy atom. The van der Waals surface area contributed by atoms with Crippen LogP contribution in [0.5, 0.6) is 0 Å². The maximum absolute atomic E-state index is 4.68. The number of hydrogen-bond donors (Lipinski definition) is 0. The number of nitrogens with zero attached hydrogens (tertiary/aromatic N) is 1. The molecule has 1 aliphatic carbocycles. The molecule has 2 aromatic carbocycles. The van der Waals surface area contributed by atoms with Gasteiger partial charge in [-0.3, -0.25) is 4.98 Å². The van der Waals surface area contributed by atoms with Gasteiger partial charge in [0.15, 0.2) is 0 Å². The van der Waals surface area contributed by atoms with Crippen LogP contribution >= 0.6 is 11.3 Å². The van der Waals surface area contributed by atoms with Crippen molar-refractivity contribution in [2.24, 2.45) is 0 Å². The lowest BCUT2D eigenvalue weighted by Crippen LogP contribution is -2.01. The molecule has 0 saturated heterocycles. The van der Waals surface area contributed by atoms with Crippen LogP contribution in [0.25, 0.3) is 31.4 Å². The van der Waals surface area contributed by atoms with Crippen molar-refractivity contribution in [1.29, 1.82) is 0 Å². The second-order valence-electron chi connectivity index (χ2n) is 6.33. The second kappa shape index (κ2) is 5.17. The molecule has 0 amide bonds.